The monoisotopic (exact) mass is 252 g/mol. The maximum atomic E-state index is 5.65. The molecule has 1 aromatic carbocycles. The van der Waals surface area contributed by atoms with Crippen LogP contribution in [0.3, 0.4) is 0 Å². The van der Waals surface area contributed by atoms with Gasteiger partial charge in [0.25, 0.3) is 0 Å². The SMILES string of the molecule is CCC(C)c1ccc(OC(C)OCCOC)cc1. The van der Waals surface area contributed by atoms with E-state index < -0.39 is 0 Å². The number of hydrogen-bond donors (Lipinski definition) is 0. The number of rotatable bonds is 8. The molecule has 0 aromatic heterocycles. The molecule has 2 atom stereocenters. The first kappa shape index (κ1) is 15.0. The van der Waals surface area contributed by atoms with Crippen molar-refractivity contribution >= 4 is 0 Å². The second-order valence-corrected chi connectivity index (χ2v) is 4.43. The molecule has 0 radical (unpaired) electrons. The number of ether oxygens (including phenoxy) is 3. The van der Waals surface area contributed by atoms with Gasteiger partial charge >= 0.3 is 0 Å². The van der Waals surface area contributed by atoms with Gasteiger partial charge in [-0.3, -0.25) is 0 Å². The highest BCUT2D eigenvalue weighted by atomic mass is 16.7. The van der Waals surface area contributed by atoms with Crippen LogP contribution >= 0.6 is 0 Å². The lowest BCUT2D eigenvalue weighted by Crippen LogP contribution is -2.18. The Kier molecular flexibility index (Phi) is 6.76. The van der Waals surface area contributed by atoms with Crippen molar-refractivity contribution in [3.8, 4) is 5.75 Å². The second kappa shape index (κ2) is 8.11. The molecular weight excluding hydrogens is 228 g/mol. The molecule has 2 unspecified atom stereocenters. The third kappa shape index (κ3) is 5.07. The molecule has 0 aliphatic rings. The summed E-state index contributed by atoms with van der Waals surface area (Å²) in [5.41, 5.74) is 1.35. The van der Waals surface area contributed by atoms with Gasteiger partial charge in [-0.2, -0.15) is 0 Å². The van der Waals surface area contributed by atoms with Crippen LogP contribution in [0, 0.1) is 0 Å². The van der Waals surface area contributed by atoms with E-state index >= 15 is 0 Å². The molecule has 0 N–H and O–H groups in total. The van der Waals surface area contributed by atoms with Crippen molar-refractivity contribution < 1.29 is 14.2 Å². The summed E-state index contributed by atoms with van der Waals surface area (Å²) in [6.07, 6.45) is 0.895. The van der Waals surface area contributed by atoms with Crippen LogP contribution in [-0.4, -0.2) is 26.6 Å². The fourth-order valence-corrected chi connectivity index (χ4v) is 1.63. The first-order valence-corrected chi connectivity index (χ1v) is 6.54. The summed E-state index contributed by atoms with van der Waals surface area (Å²) in [4.78, 5) is 0. The van der Waals surface area contributed by atoms with Gasteiger partial charge in [-0.1, -0.05) is 26.0 Å². The Morgan fingerprint density at radius 3 is 2.28 bits per heavy atom. The Morgan fingerprint density at radius 2 is 1.72 bits per heavy atom. The smallest absolute Gasteiger partial charge is 0.197 e. The largest absolute Gasteiger partial charge is 0.465 e. The predicted octanol–water partition coefficient (Wildman–Crippen LogP) is 3.59. The van der Waals surface area contributed by atoms with Crippen LogP contribution in [0.25, 0.3) is 0 Å². The molecule has 1 aromatic rings. The molecule has 0 heterocycles. The fraction of sp³-hybridized carbons (Fsp3) is 0.600. The van der Waals surface area contributed by atoms with Gasteiger partial charge in [0.1, 0.15) is 5.75 Å². The summed E-state index contributed by atoms with van der Waals surface area (Å²) < 4.78 is 16.0. The molecule has 18 heavy (non-hydrogen) atoms. The van der Waals surface area contributed by atoms with Gasteiger partial charge in [0.15, 0.2) is 6.29 Å². The van der Waals surface area contributed by atoms with E-state index in [0.29, 0.717) is 19.1 Å². The maximum absolute atomic E-state index is 5.65. The minimum Gasteiger partial charge on any atom is -0.465 e. The van der Waals surface area contributed by atoms with Crippen LogP contribution < -0.4 is 4.74 Å². The van der Waals surface area contributed by atoms with E-state index in [1.54, 1.807) is 7.11 Å². The van der Waals surface area contributed by atoms with Crippen molar-refractivity contribution in [1.82, 2.24) is 0 Å². The quantitative estimate of drug-likeness (QED) is 0.523. The van der Waals surface area contributed by atoms with E-state index in [9.17, 15) is 0 Å². The third-order valence-electron chi connectivity index (χ3n) is 3.00. The molecule has 0 amide bonds. The molecule has 0 aliphatic heterocycles. The van der Waals surface area contributed by atoms with E-state index in [2.05, 4.69) is 26.0 Å². The molecule has 3 heteroatoms. The molecule has 1 rings (SSSR count). The summed E-state index contributed by atoms with van der Waals surface area (Å²) >= 11 is 0. The summed E-state index contributed by atoms with van der Waals surface area (Å²) in [5.74, 6) is 1.43. The average molecular weight is 252 g/mol. The molecule has 0 bridgehead atoms. The minimum atomic E-state index is -0.255. The lowest BCUT2D eigenvalue weighted by molar-refractivity contribution is -0.0796. The van der Waals surface area contributed by atoms with E-state index in [1.165, 1.54) is 5.56 Å². The van der Waals surface area contributed by atoms with Crippen molar-refractivity contribution in [3.63, 3.8) is 0 Å². The predicted molar refractivity (Wildman–Crippen MR) is 73.1 cm³/mol. The van der Waals surface area contributed by atoms with Crippen molar-refractivity contribution in [2.75, 3.05) is 20.3 Å². The van der Waals surface area contributed by atoms with Crippen LogP contribution in [0.1, 0.15) is 38.7 Å². The number of benzene rings is 1. The zero-order chi connectivity index (χ0) is 13.4. The summed E-state index contributed by atoms with van der Waals surface area (Å²) in [6, 6.07) is 8.23. The number of hydrogen-bond acceptors (Lipinski definition) is 3. The standard InChI is InChI=1S/C15H24O3/c1-5-12(2)14-6-8-15(9-7-14)18-13(3)17-11-10-16-4/h6-9,12-13H,5,10-11H2,1-4H3. The van der Waals surface area contributed by atoms with E-state index in [1.807, 2.05) is 19.1 Å². The van der Waals surface area contributed by atoms with Crippen LogP contribution in [0.5, 0.6) is 5.75 Å². The van der Waals surface area contributed by atoms with Crippen molar-refractivity contribution in [2.24, 2.45) is 0 Å². The van der Waals surface area contributed by atoms with Gasteiger partial charge in [0.05, 0.1) is 13.2 Å². The molecule has 3 nitrogen and oxygen atoms in total. The maximum Gasteiger partial charge on any atom is 0.197 e. The van der Waals surface area contributed by atoms with Crippen LogP contribution in [0.15, 0.2) is 24.3 Å². The minimum absolute atomic E-state index is 0.255. The molecular formula is C15H24O3. The van der Waals surface area contributed by atoms with Crippen LogP contribution in [-0.2, 0) is 9.47 Å². The Hall–Kier alpha value is -1.06. The van der Waals surface area contributed by atoms with Gasteiger partial charge in [-0.25, -0.2) is 0 Å². The second-order valence-electron chi connectivity index (χ2n) is 4.43. The Labute approximate surface area is 110 Å². The summed E-state index contributed by atoms with van der Waals surface area (Å²) in [7, 11) is 1.66. The molecule has 0 spiro atoms. The van der Waals surface area contributed by atoms with Gasteiger partial charge in [-0.05, 0) is 37.0 Å². The zero-order valence-corrected chi connectivity index (χ0v) is 11.8. The normalized spacial score (nSPS) is 14.2. The highest BCUT2D eigenvalue weighted by Gasteiger charge is 2.06. The Balaban J connectivity index is 2.43. The zero-order valence-electron chi connectivity index (χ0n) is 11.8. The van der Waals surface area contributed by atoms with Crippen LogP contribution in [0.2, 0.25) is 0 Å². The van der Waals surface area contributed by atoms with Crippen LogP contribution in [0.4, 0.5) is 0 Å². The third-order valence-corrected chi connectivity index (χ3v) is 3.00. The fourth-order valence-electron chi connectivity index (χ4n) is 1.63. The Morgan fingerprint density at radius 1 is 1.06 bits per heavy atom. The summed E-state index contributed by atoms with van der Waals surface area (Å²) in [5, 5.41) is 0. The van der Waals surface area contributed by atoms with E-state index in [-0.39, 0.29) is 6.29 Å². The molecule has 0 aliphatic carbocycles. The van der Waals surface area contributed by atoms with E-state index in [4.69, 9.17) is 14.2 Å². The topological polar surface area (TPSA) is 27.7 Å². The molecule has 0 fully saturated rings. The molecule has 102 valence electrons. The molecule has 0 saturated carbocycles. The first-order chi connectivity index (χ1) is 8.67. The van der Waals surface area contributed by atoms with Crippen molar-refractivity contribution in [1.29, 1.82) is 0 Å². The van der Waals surface area contributed by atoms with Gasteiger partial charge in [0.2, 0.25) is 0 Å². The van der Waals surface area contributed by atoms with Gasteiger partial charge in [0, 0.05) is 7.11 Å². The molecule has 0 saturated heterocycles. The van der Waals surface area contributed by atoms with Crippen molar-refractivity contribution in [2.45, 2.75) is 39.4 Å². The Bertz CT molecular complexity index is 321. The van der Waals surface area contributed by atoms with E-state index in [0.717, 1.165) is 12.2 Å². The highest BCUT2D eigenvalue weighted by molar-refractivity contribution is 5.29. The lowest BCUT2D eigenvalue weighted by atomic mass is 9.99. The average Bonchev–Trinajstić information content (AvgIpc) is 2.39. The van der Waals surface area contributed by atoms with Crippen molar-refractivity contribution in [3.05, 3.63) is 29.8 Å². The summed E-state index contributed by atoms with van der Waals surface area (Å²) in [6.45, 7) is 7.44. The first-order valence-electron chi connectivity index (χ1n) is 6.54. The lowest BCUT2D eigenvalue weighted by Gasteiger charge is -2.16. The number of methoxy groups -OCH3 is 1. The van der Waals surface area contributed by atoms with Gasteiger partial charge < -0.3 is 14.2 Å². The highest BCUT2D eigenvalue weighted by Crippen LogP contribution is 2.22. The van der Waals surface area contributed by atoms with Gasteiger partial charge in [-0.15, -0.1) is 0 Å².